The summed E-state index contributed by atoms with van der Waals surface area (Å²) in [7, 11) is 0. The minimum absolute atomic E-state index is 0.0135. The predicted molar refractivity (Wildman–Crippen MR) is 115 cm³/mol. The molecule has 6 nitrogen and oxygen atoms in total. The number of carbonyl (C=O) groups excluding carboxylic acids is 2. The summed E-state index contributed by atoms with van der Waals surface area (Å²) in [5.41, 5.74) is 1.23. The highest BCUT2D eigenvalue weighted by Crippen LogP contribution is 2.20. The zero-order valence-electron chi connectivity index (χ0n) is 16.1. The highest BCUT2D eigenvalue weighted by Gasteiger charge is 2.23. The van der Waals surface area contributed by atoms with Gasteiger partial charge >= 0.3 is 0 Å². The third-order valence-electron chi connectivity index (χ3n) is 4.64. The summed E-state index contributed by atoms with van der Waals surface area (Å²) < 4.78 is 5.44. The highest BCUT2D eigenvalue weighted by atomic mass is 35.5. The summed E-state index contributed by atoms with van der Waals surface area (Å²) in [6, 6.07) is 14.2. The van der Waals surface area contributed by atoms with Crippen LogP contribution in [0.3, 0.4) is 0 Å². The van der Waals surface area contributed by atoms with Crippen LogP contribution in [0, 0.1) is 0 Å². The molecule has 1 heterocycles. The second kappa shape index (κ2) is 10.1. The Labute approximate surface area is 175 Å². The van der Waals surface area contributed by atoms with Crippen molar-refractivity contribution in [3.05, 3.63) is 71.8 Å². The van der Waals surface area contributed by atoms with Crippen LogP contribution >= 0.6 is 11.6 Å². The number of rotatable bonds is 7. The van der Waals surface area contributed by atoms with Crippen LogP contribution in [0.5, 0.6) is 5.75 Å². The first-order chi connectivity index (χ1) is 14.1. The molecule has 0 atom stereocenters. The molecule has 2 amide bonds. The van der Waals surface area contributed by atoms with Crippen molar-refractivity contribution in [1.82, 2.24) is 9.80 Å². The van der Waals surface area contributed by atoms with Gasteiger partial charge in [-0.2, -0.15) is 0 Å². The molecule has 29 heavy (non-hydrogen) atoms. The fourth-order valence-corrected chi connectivity index (χ4v) is 3.28. The first-order valence-corrected chi connectivity index (χ1v) is 9.84. The normalized spacial score (nSPS) is 14.3. The maximum absolute atomic E-state index is 12.7. The average molecular weight is 414 g/mol. The number of nitrogens with zero attached hydrogens (tertiary/aromatic N) is 2. The lowest BCUT2D eigenvalue weighted by molar-refractivity contribution is -0.117. The summed E-state index contributed by atoms with van der Waals surface area (Å²) in [4.78, 5) is 28.8. The quantitative estimate of drug-likeness (QED) is 0.707. The molecule has 2 aromatic carbocycles. The molecule has 0 aromatic heterocycles. The predicted octanol–water partition coefficient (Wildman–Crippen LogP) is 3.30. The van der Waals surface area contributed by atoms with Crippen molar-refractivity contribution in [3.63, 3.8) is 0 Å². The van der Waals surface area contributed by atoms with Gasteiger partial charge in [-0.3, -0.25) is 14.5 Å². The zero-order chi connectivity index (χ0) is 20.6. The maximum Gasteiger partial charge on any atom is 0.253 e. The Kier molecular flexibility index (Phi) is 7.27. The van der Waals surface area contributed by atoms with Crippen LogP contribution in [0.2, 0.25) is 5.02 Å². The van der Waals surface area contributed by atoms with E-state index in [1.807, 2.05) is 21.9 Å². The van der Waals surface area contributed by atoms with Gasteiger partial charge in [0.2, 0.25) is 5.91 Å². The van der Waals surface area contributed by atoms with Crippen LogP contribution in [0.15, 0.2) is 61.2 Å². The molecule has 1 saturated heterocycles. The molecular formula is C22H24ClN3O3. The molecule has 1 aliphatic rings. The molecule has 0 spiro atoms. The van der Waals surface area contributed by atoms with Crippen molar-refractivity contribution >= 4 is 29.1 Å². The molecule has 0 aliphatic carbocycles. The second-order valence-electron chi connectivity index (χ2n) is 6.72. The first-order valence-electron chi connectivity index (χ1n) is 9.46. The van der Waals surface area contributed by atoms with Gasteiger partial charge in [0, 0.05) is 31.7 Å². The Bertz CT molecular complexity index is 862. The number of anilines is 1. The van der Waals surface area contributed by atoms with Crippen molar-refractivity contribution in [2.45, 2.75) is 0 Å². The number of ether oxygens (including phenoxy) is 1. The Morgan fingerprint density at radius 3 is 2.41 bits per heavy atom. The number of hydrogen-bond donors (Lipinski definition) is 1. The average Bonchev–Trinajstić information content (AvgIpc) is 2.74. The first kappa shape index (κ1) is 20.9. The van der Waals surface area contributed by atoms with Crippen LogP contribution in [0.1, 0.15) is 10.4 Å². The number of amides is 2. The van der Waals surface area contributed by atoms with E-state index in [0.29, 0.717) is 54.8 Å². The molecule has 0 radical (unpaired) electrons. The number of hydrogen-bond acceptors (Lipinski definition) is 4. The molecule has 0 bridgehead atoms. The third kappa shape index (κ3) is 5.82. The van der Waals surface area contributed by atoms with Crippen molar-refractivity contribution in [1.29, 1.82) is 0 Å². The molecule has 0 saturated carbocycles. The van der Waals surface area contributed by atoms with Gasteiger partial charge < -0.3 is 15.0 Å². The van der Waals surface area contributed by atoms with Crippen LogP contribution < -0.4 is 10.1 Å². The number of piperazine rings is 1. The van der Waals surface area contributed by atoms with Gasteiger partial charge in [-0.1, -0.05) is 36.4 Å². The summed E-state index contributed by atoms with van der Waals surface area (Å²) in [6.07, 6.45) is 1.67. The van der Waals surface area contributed by atoms with Crippen LogP contribution in [-0.2, 0) is 4.79 Å². The lowest BCUT2D eigenvalue weighted by Crippen LogP contribution is -2.50. The second-order valence-corrected chi connectivity index (χ2v) is 7.13. The van der Waals surface area contributed by atoms with E-state index in [2.05, 4.69) is 11.9 Å². The monoisotopic (exact) mass is 413 g/mol. The molecule has 0 unspecified atom stereocenters. The Hall–Kier alpha value is -2.83. The van der Waals surface area contributed by atoms with Crippen molar-refractivity contribution in [2.75, 3.05) is 44.6 Å². The lowest BCUT2D eigenvalue weighted by atomic mass is 10.1. The van der Waals surface area contributed by atoms with Gasteiger partial charge in [-0.05, 0) is 36.4 Å². The van der Waals surface area contributed by atoms with E-state index in [-0.39, 0.29) is 18.4 Å². The molecule has 152 valence electrons. The third-order valence-corrected chi connectivity index (χ3v) is 4.97. The van der Waals surface area contributed by atoms with E-state index < -0.39 is 0 Å². The SMILES string of the molecule is C=CCOc1ccc(C(=O)N2CCN(CC(=O)Nc3ccccc3Cl)CC2)cc1. The number of nitrogens with one attached hydrogen (secondary N) is 1. The largest absolute Gasteiger partial charge is 0.490 e. The molecule has 2 aromatic rings. The minimum atomic E-state index is -0.118. The zero-order valence-corrected chi connectivity index (χ0v) is 16.9. The molecule has 1 N–H and O–H groups in total. The van der Waals surface area contributed by atoms with Crippen LogP contribution in [0.4, 0.5) is 5.69 Å². The number of para-hydroxylation sites is 1. The van der Waals surface area contributed by atoms with Crippen molar-refractivity contribution in [3.8, 4) is 5.75 Å². The lowest BCUT2D eigenvalue weighted by Gasteiger charge is -2.34. The summed E-state index contributed by atoms with van der Waals surface area (Å²) >= 11 is 6.07. The fourth-order valence-electron chi connectivity index (χ4n) is 3.10. The Balaban J connectivity index is 1.47. The Morgan fingerprint density at radius 2 is 1.76 bits per heavy atom. The van der Waals surface area contributed by atoms with Gasteiger partial charge in [0.05, 0.1) is 17.3 Å². The van der Waals surface area contributed by atoms with E-state index in [1.54, 1.807) is 42.5 Å². The molecule has 1 aliphatic heterocycles. The van der Waals surface area contributed by atoms with Gasteiger partial charge in [0.25, 0.3) is 5.91 Å². The Morgan fingerprint density at radius 1 is 1.07 bits per heavy atom. The van der Waals surface area contributed by atoms with E-state index in [0.717, 1.165) is 0 Å². The minimum Gasteiger partial charge on any atom is -0.490 e. The molecular weight excluding hydrogens is 390 g/mol. The molecule has 3 rings (SSSR count). The highest BCUT2D eigenvalue weighted by molar-refractivity contribution is 6.33. The van der Waals surface area contributed by atoms with Crippen molar-refractivity contribution in [2.24, 2.45) is 0 Å². The number of halogens is 1. The van der Waals surface area contributed by atoms with Crippen molar-refractivity contribution < 1.29 is 14.3 Å². The van der Waals surface area contributed by atoms with E-state index in [9.17, 15) is 9.59 Å². The number of benzene rings is 2. The topological polar surface area (TPSA) is 61.9 Å². The standard InChI is InChI=1S/C22H24ClN3O3/c1-2-15-29-18-9-7-17(8-10-18)22(28)26-13-11-25(12-14-26)16-21(27)24-20-6-4-3-5-19(20)23/h2-10H,1,11-16H2,(H,24,27). The summed E-state index contributed by atoms with van der Waals surface area (Å²) in [5, 5.41) is 3.34. The van der Waals surface area contributed by atoms with E-state index >= 15 is 0 Å². The van der Waals surface area contributed by atoms with Crippen LogP contribution in [0.25, 0.3) is 0 Å². The summed E-state index contributed by atoms with van der Waals surface area (Å²) in [6.45, 7) is 6.74. The van der Waals surface area contributed by atoms with Crippen LogP contribution in [-0.4, -0.2) is 60.9 Å². The number of carbonyl (C=O) groups is 2. The smallest absolute Gasteiger partial charge is 0.253 e. The van der Waals surface area contributed by atoms with Gasteiger partial charge in [0.15, 0.2) is 0 Å². The fraction of sp³-hybridized carbons (Fsp3) is 0.273. The maximum atomic E-state index is 12.7. The summed E-state index contributed by atoms with van der Waals surface area (Å²) in [5.74, 6) is 0.573. The van der Waals surface area contributed by atoms with Gasteiger partial charge in [-0.15, -0.1) is 0 Å². The van der Waals surface area contributed by atoms with E-state index in [4.69, 9.17) is 16.3 Å². The molecule has 1 fully saturated rings. The van der Waals surface area contributed by atoms with Gasteiger partial charge in [0.1, 0.15) is 12.4 Å². The molecule has 7 heteroatoms. The van der Waals surface area contributed by atoms with E-state index in [1.165, 1.54) is 0 Å². The van der Waals surface area contributed by atoms with Gasteiger partial charge in [-0.25, -0.2) is 0 Å².